The summed E-state index contributed by atoms with van der Waals surface area (Å²) in [5, 5.41) is 2.57. The summed E-state index contributed by atoms with van der Waals surface area (Å²) in [5.74, 6) is -0.823. The van der Waals surface area contributed by atoms with Crippen molar-refractivity contribution in [1.29, 1.82) is 0 Å². The molecule has 0 bridgehead atoms. The Bertz CT molecular complexity index is 452. The number of carbonyl (C=O) groups is 1. The number of halogens is 1. The largest absolute Gasteiger partial charge is 0.389 e. The van der Waals surface area contributed by atoms with Crippen molar-refractivity contribution in [2.75, 3.05) is 18.5 Å². The predicted molar refractivity (Wildman–Crippen MR) is 72.0 cm³/mol. The van der Waals surface area contributed by atoms with Crippen molar-refractivity contribution >= 4 is 28.8 Å². The number of hydrogen-bond donors (Lipinski definition) is 2. The molecule has 0 spiro atoms. The Balaban J connectivity index is 2.75. The molecule has 0 saturated carbocycles. The number of benzene rings is 1. The van der Waals surface area contributed by atoms with Crippen molar-refractivity contribution in [3.05, 3.63) is 29.6 Å². The first-order valence-corrected chi connectivity index (χ1v) is 5.93. The monoisotopic (exact) mass is 270 g/mol. The second-order valence-corrected chi connectivity index (χ2v) is 3.96. The van der Waals surface area contributed by atoms with E-state index in [2.05, 4.69) is 5.32 Å². The summed E-state index contributed by atoms with van der Waals surface area (Å²) in [5.41, 5.74) is 5.76. The van der Waals surface area contributed by atoms with Crippen molar-refractivity contribution < 1.29 is 13.9 Å². The van der Waals surface area contributed by atoms with Gasteiger partial charge in [0, 0.05) is 6.61 Å². The van der Waals surface area contributed by atoms with Crippen molar-refractivity contribution in [2.45, 2.75) is 13.3 Å². The summed E-state index contributed by atoms with van der Waals surface area (Å²) < 4.78 is 18.6. The molecule has 0 heterocycles. The van der Waals surface area contributed by atoms with Crippen LogP contribution in [0.3, 0.4) is 0 Å². The first-order chi connectivity index (χ1) is 8.56. The van der Waals surface area contributed by atoms with E-state index in [9.17, 15) is 9.18 Å². The van der Waals surface area contributed by atoms with Gasteiger partial charge in [-0.1, -0.05) is 18.3 Å². The van der Waals surface area contributed by atoms with Gasteiger partial charge in [-0.3, -0.25) is 4.79 Å². The van der Waals surface area contributed by atoms with Gasteiger partial charge in [-0.05, 0) is 19.1 Å². The standard InChI is InChI=1S/C12H15FN2O2S/c1-2-17-7-6-10(16)15-9-5-3-4-8(13)11(9)12(14)18/h3-5H,2,6-7H2,1H3,(H2,14,18)(H,15,16). The van der Waals surface area contributed by atoms with E-state index in [4.69, 9.17) is 22.7 Å². The molecule has 0 unspecified atom stereocenters. The number of carbonyl (C=O) groups excluding carboxylic acids is 1. The number of hydrogen-bond acceptors (Lipinski definition) is 3. The van der Waals surface area contributed by atoms with Gasteiger partial charge < -0.3 is 15.8 Å². The van der Waals surface area contributed by atoms with Crippen molar-refractivity contribution in [3.63, 3.8) is 0 Å². The molecular weight excluding hydrogens is 255 g/mol. The van der Waals surface area contributed by atoms with E-state index in [1.807, 2.05) is 6.92 Å². The van der Waals surface area contributed by atoms with E-state index < -0.39 is 5.82 Å². The highest BCUT2D eigenvalue weighted by atomic mass is 32.1. The minimum atomic E-state index is -0.551. The van der Waals surface area contributed by atoms with Gasteiger partial charge in [-0.25, -0.2) is 4.39 Å². The van der Waals surface area contributed by atoms with Gasteiger partial charge in [-0.2, -0.15) is 0 Å². The Morgan fingerprint density at radius 2 is 2.28 bits per heavy atom. The van der Waals surface area contributed by atoms with E-state index in [-0.39, 0.29) is 28.6 Å². The molecule has 0 aliphatic rings. The number of amides is 1. The van der Waals surface area contributed by atoms with Crippen molar-refractivity contribution in [2.24, 2.45) is 5.73 Å². The molecule has 0 aliphatic heterocycles. The van der Waals surface area contributed by atoms with Crippen LogP contribution in [0.5, 0.6) is 0 Å². The quantitative estimate of drug-likeness (QED) is 0.611. The van der Waals surface area contributed by atoms with Crippen LogP contribution >= 0.6 is 12.2 Å². The number of nitrogens with two attached hydrogens (primary N) is 1. The van der Waals surface area contributed by atoms with Crippen LogP contribution in [0.15, 0.2) is 18.2 Å². The molecule has 1 aromatic carbocycles. The van der Waals surface area contributed by atoms with Gasteiger partial charge in [0.25, 0.3) is 0 Å². The third kappa shape index (κ3) is 4.05. The molecule has 0 aliphatic carbocycles. The van der Waals surface area contributed by atoms with Crippen LogP contribution in [0.4, 0.5) is 10.1 Å². The molecule has 6 heteroatoms. The van der Waals surface area contributed by atoms with Crippen LogP contribution in [-0.2, 0) is 9.53 Å². The molecule has 1 aromatic rings. The average molecular weight is 270 g/mol. The zero-order valence-electron chi connectivity index (χ0n) is 10.0. The smallest absolute Gasteiger partial charge is 0.226 e. The molecule has 18 heavy (non-hydrogen) atoms. The fourth-order valence-electron chi connectivity index (χ4n) is 1.40. The second-order valence-electron chi connectivity index (χ2n) is 3.52. The summed E-state index contributed by atoms with van der Waals surface area (Å²) in [6.45, 7) is 2.71. The van der Waals surface area contributed by atoms with E-state index in [0.717, 1.165) is 0 Å². The number of anilines is 1. The van der Waals surface area contributed by atoms with Crippen molar-refractivity contribution in [1.82, 2.24) is 0 Å². The normalized spacial score (nSPS) is 10.1. The minimum absolute atomic E-state index is 0.0530. The van der Waals surface area contributed by atoms with Gasteiger partial charge >= 0.3 is 0 Å². The Morgan fingerprint density at radius 1 is 1.56 bits per heavy atom. The van der Waals surface area contributed by atoms with Crippen LogP contribution in [0.1, 0.15) is 18.9 Å². The molecule has 0 saturated heterocycles. The molecule has 0 aromatic heterocycles. The van der Waals surface area contributed by atoms with E-state index >= 15 is 0 Å². The zero-order chi connectivity index (χ0) is 13.5. The zero-order valence-corrected chi connectivity index (χ0v) is 10.8. The van der Waals surface area contributed by atoms with Crippen LogP contribution in [0.25, 0.3) is 0 Å². The van der Waals surface area contributed by atoms with Gasteiger partial charge in [0.15, 0.2) is 0 Å². The first-order valence-electron chi connectivity index (χ1n) is 5.52. The van der Waals surface area contributed by atoms with E-state index in [1.165, 1.54) is 12.1 Å². The van der Waals surface area contributed by atoms with Crippen LogP contribution in [-0.4, -0.2) is 24.1 Å². The summed E-state index contributed by atoms with van der Waals surface area (Å²) >= 11 is 4.76. The van der Waals surface area contributed by atoms with E-state index in [0.29, 0.717) is 13.2 Å². The topological polar surface area (TPSA) is 64.3 Å². The maximum Gasteiger partial charge on any atom is 0.226 e. The lowest BCUT2D eigenvalue weighted by molar-refractivity contribution is -0.117. The SMILES string of the molecule is CCOCCC(=O)Nc1cccc(F)c1C(N)=S. The van der Waals surface area contributed by atoms with Crippen LogP contribution < -0.4 is 11.1 Å². The fraction of sp³-hybridized carbons (Fsp3) is 0.333. The molecule has 0 fully saturated rings. The lowest BCUT2D eigenvalue weighted by Gasteiger charge is -2.10. The molecule has 4 nitrogen and oxygen atoms in total. The molecule has 0 atom stereocenters. The Kier molecular flexibility index (Phi) is 5.67. The summed E-state index contributed by atoms with van der Waals surface area (Å²) in [6.07, 6.45) is 0.196. The highest BCUT2D eigenvalue weighted by molar-refractivity contribution is 7.80. The molecule has 98 valence electrons. The van der Waals surface area contributed by atoms with Gasteiger partial charge in [0.1, 0.15) is 10.8 Å². The van der Waals surface area contributed by atoms with E-state index in [1.54, 1.807) is 6.07 Å². The maximum absolute atomic E-state index is 13.5. The Hall–Kier alpha value is -1.53. The lowest BCUT2D eigenvalue weighted by atomic mass is 10.1. The predicted octanol–water partition coefficient (Wildman–Crippen LogP) is 1.83. The molecule has 0 radical (unpaired) electrons. The minimum Gasteiger partial charge on any atom is -0.389 e. The highest BCUT2D eigenvalue weighted by Gasteiger charge is 2.13. The van der Waals surface area contributed by atoms with Gasteiger partial charge in [0.2, 0.25) is 5.91 Å². The molecular formula is C12H15FN2O2S. The Labute approximate surface area is 110 Å². The van der Waals surface area contributed by atoms with Gasteiger partial charge in [0.05, 0.1) is 24.3 Å². The number of thiocarbonyl (C=S) groups is 1. The molecule has 3 N–H and O–H groups in total. The summed E-state index contributed by atoms with van der Waals surface area (Å²) in [6, 6.07) is 4.27. The third-order valence-electron chi connectivity index (χ3n) is 2.21. The maximum atomic E-state index is 13.5. The number of nitrogens with one attached hydrogen (secondary N) is 1. The fourth-order valence-corrected chi connectivity index (χ4v) is 1.61. The van der Waals surface area contributed by atoms with Crippen LogP contribution in [0, 0.1) is 5.82 Å². The number of rotatable bonds is 6. The van der Waals surface area contributed by atoms with Gasteiger partial charge in [-0.15, -0.1) is 0 Å². The van der Waals surface area contributed by atoms with Crippen LogP contribution in [0.2, 0.25) is 0 Å². The molecule has 1 amide bonds. The third-order valence-corrected chi connectivity index (χ3v) is 2.42. The lowest BCUT2D eigenvalue weighted by Crippen LogP contribution is -2.19. The summed E-state index contributed by atoms with van der Waals surface area (Å²) in [4.78, 5) is 11.5. The van der Waals surface area contributed by atoms with Crippen molar-refractivity contribution in [3.8, 4) is 0 Å². The molecule has 1 rings (SSSR count). The number of ether oxygens (including phenoxy) is 1. The first kappa shape index (κ1) is 14.5. The second kappa shape index (κ2) is 7.03. The highest BCUT2D eigenvalue weighted by Crippen LogP contribution is 2.19. The average Bonchev–Trinajstić information content (AvgIpc) is 2.28. The Morgan fingerprint density at radius 3 is 2.89 bits per heavy atom. The summed E-state index contributed by atoms with van der Waals surface area (Å²) in [7, 11) is 0.